The molecule has 2 aromatic carbocycles. The maximum Gasteiger partial charge on any atom is 0.133 e. The molecule has 0 aliphatic carbocycles. The van der Waals surface area contributed by atoms with Gasteiger partial charge in [0.05, 0.1) is 17.6 Å². The Morgan fingerprint density at radius 3 is 1.90 bits per heavy atom. The molecule has 3 saturated heterocycles. The third-order valence-electron chi connectivity index (χ3n) is 9.02. The molecule has 0 saturated carbocycles. The molecule has 0 bridgehead atoms. The number of hydrogen-bond acceptors (Lipinski definition) is 10. The van der Waals surface area contributed by atoms with Gasteiger partial charge in [-0.2, -0.15) is 0 Å². The van der Waals surface area contributed by atoms with E-state index in [2.05, 4.69) is 20.2 Å². The van der Waals surface area contributed by atoms with E-state index in [-0.39, 0.29) is 24.4 Å². The Kier molecular flexibility index (Phi) is 13.2. The molecule has 0 amide bonds. The van der Waals surface area contributed by atoms with Crippen LogP contribution in [0.5, 0.6) is 11.5 Å². The number of aliphatic hydroxyl groups is 1. The zero-order valence-electron chi connectivity index (χ0n) is 28.1. The summed E-state index contributed by atoms with van der Waals surface area (Å²) in [5, 5.41) is 15.5. The van der Waals surface area contributed by atoms with Gasteiger partial charge in [-0.3, -0.25) is 19.6 Å². The number of nitrogens with zero attached hydrogens (tertiary/aromatic N) is 3. The van der Waals surface area contributed by atoms with Crippen LogP contribution >= 0.6 is 0 Å². The zero-order valence-corrected chi connectivity index (χ0v) is 28.1. The molecule has 256 valence electrons. The molecule has 7 rings (SSSR count). The van der Waals surface area contributed by atoms with Crippen molar-refractivity contribution in [2.75, 3.05) is 52.5 Å². The first kappa shape index (κ1) is 35.3. The van der Waals surface area contributed by atoms with E-state index >= 15 is 0 Å². The van der Waals surface area contributed by atoms with Crippen molar-refractivity contribution >= 4 is 33.4 Å². The minimum atomic E-state index is -0.550. The van der Waals surface area contributed by atoms with Gasteiger partial charge in [0.1, 0.15) is 48.5 Å². The number of carbonyl (C=O) groups excluding carboxylic acids is 2. The molecule has 48 heavy (non-hydrogen) atoms. The summed E-state index contributed by atoms with van der Waals surface area (Å²) in [6.07, 6.45) is 7.13. The number of pyridine rings is 2. The summed E-state index contributed by atoms with van der Waals surface area (Å²) in [7, 11) is 0. The van der Waals surface area contributed by atoms with E-state index in [1.165, 1.54) is 0 Å². The van der Waals surface area contributed by atoms with E-state index in [1.807, 2.05) is 60.7 Å². The molecule has 2 aromatic heterocycles. The van der Waals surface area contributed by atoms with Crippen molar-refractivity contribution in [1.82, 2.24) is 20.2 Å². The summed E-state index contributed by atoms with van der Waals surface area (Å²) in [6.45, 7) is 9.40. The van der Waals surface area contributed by atoms with Crippen LogP contribution in [-0.2, 0) is 14.3 Å². The molecule has 3 aliphatic heterocycles. The molecule has 3 fully saturated rings. The van der Waals surface area contributed by atoms with Crippen LogP contribution in [0.3, 0.4) is 0 Å². The number of carbonyl (C=O) groups is 2. The van der Waals surface area contributed by atoms with Crippen LogP contribution < -0.4 is 14.8 Å². The van der Waals surface area contributed by atoms with Crippen LogP contribution in [0.2, 0.25) is 0 Å². The number of ether oxygens (including phenoxy) is 3. The molecule has 2 atom stereocenters. The fraction of sp³-hybridized carbons (Fsp3) is 0.474. The SMILES string of the molecule is CC(=O)C1CCN(C[C@@H](O)COc2cccc3ncccc23)CC1.CC(=O)C1CCNCC1.c1cc(OC[C@H]2CO2)c2cccnc2c1. The van der Waals surface area contributed by atoms with Gasteiger partial charge in [-0.15, -0.1) is 0 Å². The van der Waals surface area contributed by atoms with Crippen LogP contribution in [0.1, 0.15) is 39.5 Å². The standard InChI is InChI=1S/C19H24N2O3.C12H11NO2.C7H13NO/c1-14(22)15-7-10-21(11-8-15)12-16(23)13-24-19-6-2-5-18-17(19)4-3-9-20-18;1-4-11-10(3-2-6-13-11)12(5-1)15-8-9-7-14-9;1-6(9)7-2-4-8-5-3-7/h2-6,9,15-16,23H,7-8,10-13H2,1H3;1-6,9H,7-8H2;7-8H,2-5H2,1H3/t16-;9-;/m11./s1. The van der Waals surface area contributed by atoms with Crippen LogP contribution in [0.25, 0.3) is 21.8 Å². The van der Waals surface area contributed by atoms with Gasteiger partial charge in [-0.1, -0.05) is 12.1 Å². The number of β-amino-alcohol motifs (C(OH)–C–C–N with tert-alkyl or cyclic N) is 1. The first-order valence-corrected chi connectivity index (χ1v) is 17.0. The number of benzene rings is 2. The van der Waals surface area contributed by atoms with Crippen molar-refractivity contribution in [3.05, 3.63) is 73.1 Å². The zero-order chi connectivity index (χ0) is 33.7. The lowest BCUT2D eigenvalue weighted by Crippen LogP contribution is -2.41. The first-order valence-electron chi connectivity index (χ1n) is 17.0. The number of piperidine rings is 2. The Bertz CT molecular complexity index is 1600. The second kappa shape index (κ2) is 18.0. The number of epoxide rings is 1. The van der Waals surface area contributed by atoms with E-state index in [0.717, 1.165) is 91.8 Å². The van der Waals surface area contributed by atoms with Gasteiger partial charge in [-0.05, 0) is 114 Å². The smallest absolute Gasteiger partial charge is 0.133 e. The van der Waals surface area contributed by atoms with Crippen LogP contribution in [0.15, 0.2) is 73.1 Å². The minimum absolute atomic E-state index is 0.192. The number of aliphatic hydroxyl groups excluding tert-OH is 1. The Morgan fingerprint density at radius 2 is 1.38 bits per heavy atom. The highest BCUT2D eigenvalue weighted by atomic mass is 16.6. The number of nitrogens with one attached hydrogen (secondary N) is 1. The van der Waals surface area contributed by atoms with Crippen LogP contribution in [0, 0.1) is 11.8 Å². The fourth-order valence-electron chi connectivity index (χ4n) is 6.04. The molecule has 10 heteroatoms. The van der Waals surface area contributed by atoms with E-state index in [4.69, 9.17) is 14.2 Å². The summed E-state index contributed by atoms with van der Waals surface area (Å²) in [5.41, 5.74) is 1.85. The topological polar surface area (TPSA) is 126 Å². The predicted octanol–water partition coefficient (Wildman–Crippen LogP) is 4.86. The van der Waals surface area contributed by atoms with Gasteiger partial charge < -0.3 is 29.5 Å². The van der Waals surface area contributed by atoms with E-state index in [0.29, 0.717) is 24.9 Å². The molecule has 5 heterocycles. The molecule has 2 N–H and O–H groups in total. The summed E-state index contributed by atoms with van der Waals surface area (Å²) in [6, 6.07) is 19.4. The summed E-state index contributed by atoms with van der Waals surface area (Å²) < 4.78 is 16.6. The lowest BCUT2D eigenvalue weighted by molar-refractivity contribution is -0.122. The van der Waals surface area contributed by atoms with E-state index in [1.54, 1.807) is 26.2 Å². The largest absolute Gasteiger partial charge is 0.490 e. The highest BCUT2D eigenvalue weighted by Crippen LogP contribution is 2.26. The maximum absolute atomic E-state index is 11.4. The van der Waals surface area contributed by atoms with E-state index < -0.39 is 6.10 Å². The third-order valence-corrected chi connectivity index (χ3v) is 9.02. The number of likely N-dealkylation sites (tertiary alicyclic amines) is 1. The van der Waals surface area contributed by atoms with Crippen molar-refractivity contribution in [1.29, 1.82) is 0 Å². The first-order chi connectivity index (χ1) is 23.4. The molecular formula is C38H48N4O6. The summed E-state index contributed by atoms with van der Waals surface area (Å²) in [4.78, 5) is 33.0. The lowest BCUT2D eigenvalue weighted by Gasteiger charge is -2.32. The second-order valence-electron chi connectivity index (χ2n) is 12.7. The molecule has 0 spiro atoms. The van der Waals surface area contributed by atoms with Gasteiger partial charge in [0.2, 0.25) is 0 Å². The van der Waals surface area contributed by atoms with Gasteiger partial charge >= 0.3 is 0 Å². The number of rotatable bonds is 10. The maximum atomic E-state index is 11.4. The molecule has 0 radical (unpaired) electrons. The Hall–Kier alpha value is -3.96. The van der Waals surface area contributed by atoms with Crippen molar-refractivity contribution in [2.24, 2.45) is 11.8 Å². The van der Waals surface area contributed by atoms with E-state index in [9.17, 15) is 14.7 Å². The van der Waals surface area contributed by atoms with Crippen LogP contribution in [0.4, 0.5) is 0 Å². The highest BCUT2D eigenvalue weighted by molar-refractivity contribution is 5.85. The number of hydrogen-bond donors (Lipinski definition) is 2. The summed E-state index contributed by atoms with van der Waals surface area (Å²) in [5.74, 6) is 2.81. The minimum Gasteiger partial charge on any atom is -0.490 e. The third kappa shape index (κ3) is 10.8. The van der Waals surface area contributed by atoms with Crippen LogP contribution in [-0.4, -0.2) is 96.3 Å². The lowest BCUT2D eigenvalue weighted by atomic mass is 9.93. The quantitative estimate of drug-likeness (QED) is 0.229. The molecule has 10 nitrogen and oxygen atoms in total. The number of fused-ring (bicyclic) bond motifs is 2. The van der Waals surface area contributed by atoms with Crippen molar-refractivity contribution in [3.63, 3.8) is 0 Å². The van der Waals surface area contributed by atoms with Gasteiger partial charge in [-0.25, -0.2) is 0 Å². The van der Waals surface area contributed by atoms with Gasteiger partial charge in [0.25, 0.3) is 0 Å². The van der Waals surface area contributed by atoms with Crippen molar-refractivity contribution < 1.29 is 28.9 Å². The number of Topliss-reactive ketones (excluding diaryl/α,β-unsaturated/α-hetero) is 2. The fourth-order valence-corrected chi connectivity index (χ4v) is 6.04. The van der Waals surface area contributed by atoms with Gasteiger partial charge in [0, 0.05) is 41.5 Å². The van der Waals surface area contributed by atoms with Crippen molar-refractivity contribution in [2.45, 2.75) is 51.7 Å². The number of ketones is 2. The molecule has 4 aromatic rings. The Labute approximate surface area is 282 Å². The molecular weight excluding hydrogens is 608 g/mol. The number of aromatic nitrogens is 2. The predicted molar refractivity (Wildman–Crippen MR) is 186 cm³/mol. The Balaban J connectivity index is 0.000000159. The normalized spacial score (nSPS) is 18.9. The molecule has 3 aliphatic rings. The average Bonchev–Trinajstić information content (AvgIpc) is 3.96. The Morgan fingerprint density at radius 1 is 0.833 bits per heavy atom. The second-order valence-corrected chi connectivity index (χ2v) is 12.7. The highest BCUT2D eigenvalue weighted by Gasteiger charge is 2.24. The summed E-state index contributed by atoms with van der Waals surface area (Å²) >= 11 is 0. The van der Waals surface area contributed by atoms with Crippen molar-refractivity contribution in [3.8, 4) is 11.5 Å². The monoisotopic (exact) mass is 656 g/mol. The average molecular weight is 657 g/mol. The van der Waals surface area contributed by atoms with Gasteiger partial charge in [0.15, 0.2) is 0 Å². The molecule has 0 unspecified atom stereocenters.